The minimum Gasteiger partial charge on any atom is -0.453 e. The number of benzene rings is 1. The number of aromatic nitrogens is 1. The van der Waals surface area contributed by atoms with Gasteiger partial charge in [-0.15, -0.1) is 11.3 Å². The number of esters is 1. The maximum absolute atomic E-state index is 12.1. The molecule has 0 saturated carbocycles. The minimum absolute atomic E-state index is 0.0979. The number of thiazole rings is 1. The molecule has 1 aromatic carbocycles. The number of nitrogens with two attached hydrogens (primary N) is 1. The molecule has 1 aromatic heterocycles. The Balaban J connectivity index is 1.84. The Morgan fingerprint density at radius 2 is 2.12 bits per heavy atom. The number of ketones is 1. The van der Waals surface area contributed by atoms with Gasteiger partial charge >= 0.3 is 5.97 Å². The van der Waals surface area contributed by atoms with E-state index in [0.717, 1.165) is 4.88 Å². The Kier molecular flexibility index (Phi) is 6.24. The van der Waals surface area contributed by atoms with Crippen LogP contribution in [0.5, 0.6) is 0 Å². The van der Waals surface area contributed by atoms with Crippen LogP contribution in [-0.4, -0.2) is 28.7 Å². The maximum Gasteiger partial charge on any atom is 0.306 e. The van der Waals surface area contributed by atoms with Crippen molar-refractivity contribution in [1.82, 2.24) is 4.98 Å². The van der Waals surface area contributed by atoms with E-state index in [-0.39, 0.29) is 12.2 Å². The quantitative estimate of drug-likeness (QED) is 0.579. The maximum atomic E-state index is 12.1. The number of nitrogens with one attached hydrogen (secondary N) is 1. The highest BCUT2D eigenvalue weighted by Crippen LogP contribution is 2.16. The van der Waals surface area contributed by atoms with Gasteiger partial charge in [-0.25, -0.2) is 4.98 Å². The van der Waals surface area contributed by atoms with Crippen molar-refractivity contribution >= 4 is 39.8 Å². The molecule has 0 bridgehead atoms. The molecule has 2 aromatic rings. The zero-order valence-electron chi connectivity index (χ0n) is 13.9. The van der Waals surface area contributed by atoms with Crippen LogP contribution in [0.1, 0.15) is 35.5 Å². The SMILES string of the molecule is CC(=O)c1cccc(NC(=O)[C@@H](C)OC(=O)CCc2cnc(N)s2)c1. The Morgan fingerprint density at radius 1 is 1.36 bits per heavy atom. The number of rotatable bonds is 7. The molecule has 0 aliphatic carbocycles. The lowest BCUT2D eigenvalue weighted by atomic mass is 10.1. The molecule has 3 N–H and O–H groups in total. The van der Waals surface area contributed by atoms with Gasteiger partial charge in [-0.2, -0.15) is 0 Å². The van der Waals surface area contributed by atoms with Crippen molar-refractivity contribution in [2.75, 3.05) is 11.1 Å². The summed E-state index contributed by atoms with van der Waals surface area (Å²) in [4.78, 5) is 40.1. The number of hydrogen-bond acceptors (Lipinski definition) is 7. The highest BCUT2D eigenvalue weighted by molar-refractivity contribution is 7.15. The highest BCUT2D eigenvalue weighted by atomic mass is 32.1. The van der Waals surface area contributed by atoms with Gasteiger partial charge in [0.1, 0.15) is 0 Å². The summed E-state index contributed by atoms with van der Waals surface area (Å²) >= 11 is 1.31. The topological polar surface area (TPSA) is 111 Å². The molecule has 0 radical (unpaired) electrons. The number of Topliss-reactive ketones (excluding diaryl/α,β-unsaturated/α-hetero) is 1. The van der Waals surface area contributed by atoms with E-state index in [4.69, 9.17) is 10.5 Å². The van der Waals surface area contributed by atoms with Crippen molar-refractivity contribution < 1.29 is 19.1 Å². The first kappa shape index (κ1) is 18.6. The third kappa shape index (κ3) is 5.68. The van der Waals surface area contributed by atoms with E-state index >= 15 is 0 Å². The van der Waals surface area contributed by atoms with E-state index in [1.807, 2.05) is 0 Å². The Bertz CT molecular complexity index is 788. The van der Waals surface area contributed by atoms with Crippen LogP contribution in [0.15, 0.2) is 30.5 Å². The molecule has 0 spiro atoms. The molecule has 1 heterocycles. The van der Waals surface area contributed by atoms with Crippen LogP contribution in [-0.2, 0) is 20.7 Å². The first-order chi connectivity index (χ1) is 11.8. The summed E-state index contributed by atoms with van der Waals surface area (Å²) in [5.74, 6) is -1.04. The number of nitrogen functional groups attached to an aromatic ring is 1. The third-order valence-electron chi connectivity index (χ3n) is 3.36. The monoisotopic (exact) mass is 361 g/mol. The molecule has 0 unspecified atom stereocenters. The molecule has 0 aliphatic heterocycles. The number of aryl methyl sites for hydroxylation is 1. The summed E-state index contributed by atoms with van der Waals surface area (Å²) in [6.45, 7) is 2.94. The average molecular weight is 361 g/mol. The van der Waals surface area contributed by atoms with E-state index < -0.39 is 18.0 Å². The number of carbonyl (C=O) groups excluding carboxylic acids is 3. The van der Waals surface area contributed by atoms with Crippen LogP contribution in [0.4, 0.5) is 10.8 Å². The number of ether oxygens (including phenoxy) is 1. The number of amides is 1. The van der Waals surface area contributed by atoms with Gasteiger partial charge in [-0.3, -0.25) is 14.4 Å². The summed E-state index contributed by atoms with van der Waals surface area (Å²) in [5.41, 5.74) is 6.49. The van der Waals surface area contributed by atoms with Crippen LogP contribution < -0.4 is 11.1 Å². The molecule has 132 valence electrons. The largest absolute Gasteiger partial charge is 0.453 e. The van der Waals surface area contributed by atoms with Crippen molar-refractivity contribution in [2.45, 2.75) is 32.8 Å². The molecule has 0 saturated heterocycles. The summed E-state index contributed by atoms with van der Waals surface area (Å²) < 4.78 is 5.13. The number of carbonyl (C=O) groups is 3. The number of nitrogens with zero attached hydrogens (tertiary/aromatic N) is 1. The Hall–Kier alpha value is -2.74. The molecule has 1 atom stereocenters. The second-order valence-corrected chi connectivity index (χ2v) is 6.57. The van der Waals surface area contributed by atoms with Crippen molar-refractivity contribution in [1.29, 1.82) is 0 Å². The fourth-order valence-electron chi connectivity index (χ4n) is 2.03. The molecule has 8 heteroatoms. The summed E-state index contributed by atoms with van der Waals surface area (Å²) in [6, 6.07) is 6.56. The zero-order chi connectivity index (χ0) is 18.4. The molecule has 25 heavy (non-hydrogen) atoms. The van der Waals surface area contributed by atoms with Gasteiger partial charge in [0.05, 0.1) is 6.42 Å². The predicted octanol–water partition coefficient (Wildman–Crippen LogP) is 2.43. The Labute approximate surface area is 149 Å². The fraction of sp³-hybridized carbons (Fsp3) is 0.294. The second kappa shape index (κ2) is 8.39. The van der Waals surface area contributed by atoms with Gasteiger partial charge in [0, 0.05) is 22.3 Å². The number of hydrogen-bond donors (Lipinski definition) is 2. The summed E-state index contributed by atoms with van der Waals surface area (Å²) in [6.07, 6.45) is 1.27. The van der Waals surface area contributed by atoms with E-state index in [1.165, 1.54) is 25.2 Å². The smallest absolute Gasteiger partial charge is 0.306 e. The van der Waals surface area contributed by atoms with Crippen LogP contribution in [0.2, 0.25) is 0 Å². The van der Waals surface area contributed by atoms with Crippen molar-refractivity contribution in [2.24, 2.45) is 0 Å². The molecular formula is C17H19N3O4S. The van der Waals surface area contributed by atoms with Gasteiger partial charge in [0.2, 0.25) is 0 Å². The van der Waals surface area contributed by atoms with Gasteiger partial charge in [0.15, 0.2) is 17.0 Å². The fourth-order valence-corrected chi connectivity index (χ4v) is 2.72. The molecule has 2 rings (SSSR count). The minimum atomic E-state index is -0.944. The molecule has 1 amide bonds. The van der Waals surface area contributed by atoms with Crippen LogP contribution in [0.3, 0.4) is 0 Å². The molecule has 0 aliphatic rings. The van der Waals surface area contributed by atoms with Gasteiger partial charge in [-0.1, -0.05) is 12.1 Å². The number of anilines is 2. The predicted molar refractivity (Wildman–Crippen MR) is 95.5 cm³/mol. The first-order valence-corrected chi connectivity index (χ1v) is 8.48. The van der Waals surface area contributed by atoms with Crippen molar-refractivity contribution in [3.63, 3.8) is 0 Å². The lowest BCUT2D eigenvalue weighted by molar-refractivity contribution is -0.153. The zero-order valence-corrected chi connectivity index (χ0v) is 14.8. The molecular weight excluding hydrogens is 342 g/mol. The van der Waals surface area contributed by atoms with Gasteiger partial charge in [-0.05, 0) is 32.4 Å². The van der Waals surface area contributed by atoms with Gasteiger partial charge < -0.3 is 15.8 Å². The first-order valence-electron chi connectivity index (χ1n) is 7.66. The lowest BCUT2D eigenvalue weighted by Crippen LogP contribution is -2.30. The second-order valence-electron chi connectivity index (χ2n) is 5.42. The summed E-state index contributed by atoms with van der Waals surface area (Å²) in [5, 5.41) is 3.07. The van der Waals surface area contributed by atoms with Crippen molar-refractivity contribution in [3.05, 3.63) is 40.9 Å². The van der Waals surface area contributed by atoms with E-state index in [0.29, 0.717) is 22.8 Å². The van der Waals surface area contributed by atoms with Crippen LogP contribution >= 0.6 is 11.3 Å². The third-order valence-corrected chi connectivity index (χ3v) is 4.25. The molecule has 7 nitrogen and oxygen atoms in total. The van der Waals surface area contributed by atoms with Gasteiger partial charge in [0.25, 0.3) is 5.91 Å². The van der Waals surface area contributed by atoms with Crippen LogP contribution in [0, 0.1) is 0 Å². The van der Waals surface area contributed by atoms with E-state index in [9.17, 15) is 14.4 Å². The Morgan fingerprint density at radius 3 is 2.76 bits per heavy atom. The molecule has 0 fully saturated rings. The summed E-state index contributed by atoms with van der Waals surface area (Å²) in [7, 11) is 0. The average Bonchev–Trinajstić information content (AvgIpc) is 2.98. The normalized spacial score (nSPS) is 11.6. The van der Waals surface area contributed by atoms with Crippen LogP contribution in [0.25, 0.3) is 0 Å². The van der Waals surface area contributed by atoms with Crippen molar-refractivity contribution in [3.8, 4) is 0 Å². The lowest BCUT2D eigenvalue weighted by Gasteiger charge is -2.13. The van der Waals surface area contributed by atoms with E-state index in [1.54, 1.807) is 30.5 Å². The van der Waals surface area contributed by atoms with E-state index in [2.05, 4.69) is 10.3 Å². The standard InChI is InChI=1S/C17H19N3O4S/c1-10(21)12-4-3-5-13(8-12)20-16(23)11(2)24-15(22)7-6-14-9-19-17(18)25-14/h3-5,8-9,11H,6-7H2,1-2H3,(H2,18,19)(H,20,23)/t11-/m1/s1. The highest BCUT2D eigenvalue weighted by Gasteiger charge is 2.18.